The molecule has 0 aromatic heterocycles. The first kappa shape index (κ1) is 15.5. The molecule has 0 aliphatic heterocycles. The lowest BCUT2D eigenvalue weighted by Crippen LogP contribution is -2.13. The van der Waals surface area contributed by atoms with Crippen LogP contribution in [0.2, 0.25) is 0 Å². The molecule has 0 unspecified atom stereocenters. The summed E-state index contributed by atoms with van der Waals surface area (Å²) in [4.78, 5) is -0.133. The summed E-state index contributed by atoms with van der Waals surface area (Å²) < 4.78 is 41.1. The second-order valence-electron chi connectivity index (χ2n) is 4.16. The zero-order valence-electron chi connectivity index (χ0n) is 10.3. The van der Waals surface area contributed by atoms with Crippen LogP contribution in [0.4, 0.5) is 10.1 Å². The molecule has 0 aliphatic carbocycles. The predicted octanol–water partition coefficient (Wildman–Crippen LogP) is 4.46. The third-order valence-electron chi connectivity index (χ3n) is 2.57. The Morgan fingerprint density at radius 1 is 1.05 bits per heavy atom. The Bertz CT molecular complexity index is 763. The summed E-state index contributed by atoms with van der Waals surface area (Å²) in [6.45, 7) is 1.85. The van der Waals surface area contributed by atoms with Gasteiger partial charge < -0.3 is 0 Å². The van der Waals surface area contributed by atoms with Crippen LogP contribution in [0.15, 0.2) is 50.2 Å². The van der Waals surface area contributed by atoms with Crippen LogP contribution in [-0.2, 0) is 10.0 Å². The molecular weight excluding hydrogens is 413 g/mol. The van der Waals surface area contributed by atoms with Crippen LogP contribution >= 0.6 is 31.9 Å². The molecule has 0 fully saturated rings. The number of nitrogens with one attached hydrogen (secondary N) is 1. The number of rotatable bonds is 3. The van der Waals surface area contributed by atoms with Crippen molar-refractivity contribution in [2.45, 2.75) is 11.8 Å². The first-order chi connectivity index (χ1) is 9.29. The van der Waals surface area contributed by atoms with Gasteiger partial charge in [-0.05, 0) is 74.7 Å². The maximum atomic E-state index is 13.4. The van der Waals surface area contributed by atoms with E-state index < -0.39 is 15.8 Å². The molecule has 1 N–H and O–H groups in total. The van der Waals surface area contributed by atoms with Crippen molar-refractivity contribution < 1.29 is 12.8 Å². The van der Waals surface area contributed by atoms with Gasteiger partial charge in [0.15, 0.2) is 0 Å². The number of benzene rings is 2. The Kier molecular flexibility index (Phi) is 4.51. The van der Waals surface area contributed by atoms with E-state index >= 15 is 0 Å². The lowest BCUT2D eigenvalue weighted by Gasteiger charge is -2.11. The van der Waals surface area contributed by atoms with E-state index in [1.165, 1.54) is 12.1 Å². The van der Waals surface area contributed by atoms with E-state index in [4.69, 9.17) is 0 Å². The number of anilines is 1. The van der Waals surface area contributed by atoms with E-state index in [0.717, 1.165) is 11.6 Å². The molecule has 3 nitrogen and oxygen atoms in total. The molecule has 0 bridgehead atoms. The molecule has 106 valence electrons. The van der Waals surface area contributed by atoms with Crippen molar-refractivity contribution in [3.8, 4) is 0 Å². The quantitative estimate of drug-likeness (QED) is 0.793. The molecule has 7 heteroatoms. The Labute approximate surface area is 133 Å². The molecule has 0 spiro atoms. The summed E-state index contributed by atoms with van der Waals surface area (Å²) in [6, 6.07) is 8.94. The van der Waals surface area contributed by atoms with Gasteiger partial charge >= 0.3 is 0 Å². The van der Waals surface area contributed by atoms with Gasteiger partial charge in [-0.15, -0.1) is 0 Å². The van der Waals surface area contributed by atoms with Gasteiger partial charge in [-0.3, -0.25) is 4.72 Å². The van der Waals surface area contributed by atoms with Gasteiger partial charge in [-0.1, -0.05) is 6.07 Å². The van der Waals surface area contributed by atoms with E-state index in [1.807, 2.05) is 13.0 Å². The largest absolute Gasteiger partial charge is 0.278 e. The van der Waals surface area contributed by atoms with Crippen LogP contribution < -0.4 is 4.72 Å². The minimum atomic E-state index is -3.83. The van der Waals surface area contributed by atoms with Crippen LogP contribution in [0.1, 0.15) is 5.56 Å². The van der Waals surface area contributed by atoms with Gasteiger partial charge in [0.1, 0.15) is 5.82 Å². The highest BCUT2D eigenvalue weighted by atomic mass is 79.9. The summed E-state index contributed by atoms with van der Waals surface area (Å²) in [5.74, 6) is -0.629. The Balaban J connectivity index is 2.40. The van der Waals surface area contributed by atoms with Gasteiger partial charge in [-0.2, -0.15) is 0 Å². The molecule has 20 heavy (non-hydrogen) atoms. The fraction of sp³-hybridized carbons (Fsp3) is 0.0769. The average Bonchev–Trinajstić information content (AvgIpc) is 2.36. The van der Waals surface area contributed by atoms with Crippen LogP contribution in [0.25, 0.3) is 0 Å². The van der Waals surface area contributed by atoms with Crippen molar-refractivity contribution in [2.75, 3.05) is 4.72 Å². The van der Waals surface area contributed by atoms with Crippen molar-refractivity contribution in [1.29, 1.82) is 0 Å². The average molecular weight is 423 g/mol. The third-order valence-corrected chi connectivity index (χ3v) is 5.27. The zero-order valence-corrected chi connectivity index (χ0v) is 14.3. The number of hydrogen-bond donors (Lipinski definition) is 1. The van der Waals surface area contributed by atoms with Gasteiger partial charge in [-0.25, -0.2) is 12.8 Å². The summed E-state index contributed by atoms with van der Waals surface area (Å²) in [7, 11) is -3.83. The molecule has 0 heterocycles. The highest BCUT2D eigenvalue weighted by Gasteiger charge is 2.17. The fourth-order valence-corrected chi connectivity index (χ4v) is 3.37. The first-order valence-corrected chi connectivity index (χ1v) is 8.60. The van der Waals surface area contributed by atoms with Gasteiger partial charge in [0.25, 0.3) is 10.0 Å². The van der Waals surface area contributed by atoms with E-state index in [1.54, 1.807) is 12.1 Å². The van der Waals surface area contributed by atoms with Gasteiger partial charge in [0.05, 0.1) is 15.1 Å². The molecule has 2 rings (SSSR count). The maximum absolute atomic E-state index is 13.4. The Hall–Kier alpha value is -0.920. The van der Waals surface area contributed by atoms with E-state index in [2.05, 4.69) is 36.6 Å². The lowest BCUT2D eigenvalue weighted by atomic mass is 10.2. The minimum Gasteiger partial charge on any atom is -0.278 e. The van der Waals surface area contributed by atoms with Gasteiger partial charge in [0, 0.05) is 4.47 Å². The normalized spacial score (nSPS) is 11.4. The van der Waals surface area contributed by atoms with Crippen molar-refractivity contribution in [3.05, 3.63) is 56.7 Å². The number of halogens is 3. The summed E-state index contributed by atoms with van der Waals surface area (Å²) in [5, 5.41) is 0. The fourth-order valence-electron chi connectivity index (χ4n) is 1.57. The van der Waals surface area contributed by atoms with E-state index in [-0.39, 0.29) is 9.37 Å². The van der Waals surface area contributed by atoms with Crippen molar-refractivity contribution in [2.24, 2.45) is 0 Å². The van der Waals surface area contributed by atoms with Crippen molar-refractivity contribution >= 4 is 47.6 Å². The third kappa shape index (κ3) is 3.39. The molecule has 0 saturated heterocycles. The summed E-state index contributed by atoms with van der Waals surface area (Å²) >= 11 is 6.26. The van der Waals surface area contributed by atoms with Crippen LogP contribution in [0, 0.1) is 12.7 Å². The number of sulfonamides is 1. The van der Waals surface area contributed by atoms with Crippen LogP contribution in [-0.4, -0.2) is 8.42 Å². The van der Waals surface area contributed by atoms with Crippen LogP contribution in [0.3, 0.4) is 0 Å². The Morgan fingerprint density at radius 2 is 1.70 bits per heavy atom. The van der Waals surface area contributed by atoms with E-state index in [9.17, 15) is 12.8 Å². The molecule has 2 aromatic rings. The highest BCUT2D eigenvalue weighted by Crippen LogP contribution is 2.27. The molecule has 2 aromatic carbocycles. The molecule has 0 aliphatic rings. The molecular formula is C13H10Br2FNO2S. The smallest absolute Gasteiger partial charge is 0.262 e. The van der Waals surface area contributed by atoms with E-state index in [0.29, 0.717) is 10.2 Å². The minimum absolute atomic E-state index is 0.133. The predicted molar refractivity (Wildman–Crippen MR) is 83.8 cm³/mol. The monoisotopic (exact) mass is 421 g/mol. The standard InChI is InChI=1S/C13H10Br2FNO2S/c1-8-2-4-11(15)13(6-8)17-20(18,19)9-3-5-10(14)12(16)7-9/h2-7,17H,1H3. The van der Waals surface area contributed by atoms with Crippen LogP contribution in [0.5, 0.6) is 0 Å². The van der Waals surface area contributed by atoms with Crippen molar-refractivity contribution in [1.82, 2.24) is 0 Å². The molecule has 0 amide bonds. The summed E-state index contributed by atoms with van der Waals surface area (Å²) in [5.41, 5.74) is 1.32. The second-order valence-corrected chi connectivity index (χ2v) is 7.56. The maximum Gasteiger partial charge on any atom is 0.262 e. The highest BCUT2D eigenvalue weighted by molar-refractivity contribution is 9.10. The molecule has 0 atom stereocenters. The zero-order chi connectivity index (χ0) is 14.9. The second kappa shape index (κ2) is 5.83. The Morgan fingerprint density at radius 3 is 2.35 bits per heavy atom. The topological polar surface area (TPSA) is 46.2 Å². The molecule has 0 radical (unpaired) electrons. The lowest BCUT2D eigenvalue weighted by molar-refractivity contribution is 0.593. The number of hydrogen-bond acceptors (Lipinski definition) is 2. The van der Waals surface area contributed by atoms with Gasteiger partial charge in [0.2, 0.25) is 0 Å². The molecule has 0 saturated carbocycles. The SMILES string of the molecule is Cc1ccc(Br)c(NS(=O)(=O)c2ccc(Br)c(F)c2)c1. The number of aryl methyl sites for hydroxylation is 1. The van der Waals surface area contributed by atoms with Crippen molar-refractivity contribution in [3.63, 3.8) is 0 Å². The first-order valence-electron chi connectivity index (χ1n) is 5.53. The summed E-state index contributed by atoms with van der Waals surface area (Å²) in [6.07, 6.45) is 0.